The molecule has 0 aliphatic carbocycles. The number of ether oxygens (including phenoxy) is 2. The second kappa shape index (κ2) is 9.95. The zero-order valence-electron chi connectivity index (χ0n) is 21.8. The van der Waals surface area contributed by atoms with Crippen molar-refractivity contribution < 1.29 is 24.2 Å². The number of benzene rings is 3. The highest BCUT2D eigenvalue weighted by atomic mass is 32.1. The number of aliphatic hydroxyl groups is 1. The highest BCUT2D eigenvalue weighted by Gasteiger charge is 2.48. The summed E-state index contributed by atoms with van der Waals surface area (Å²) >= 11 is 1.33. The monoisotopic (exact) mass is 528 g/mol. The highest BCUT2D eigenvalue weighted by molar-refractivity contribution is 7.22. The van der Waals surface area contributed by atoms with Crippen LogP contribution in [0.3, 0.4) is 0 Å². The summed E-state index contributed by atoms with van der Waals surface area (Å²) in [6.45, 7) is 7.73. The lowest BCUT2D eigenvalue weighted by atomic mass is 9.94. The molecule has 3 aromatic carbocycles. The maximum absolute atomic E-state index is 13.5. The maximum Gasteiger partial charge on any atom is 0.301 e. The lowest BCUT2D eigenvalue weighted by Crippen LogP contribution is -2.29. The predicted molar refractivity (Wildman–Crippen MR) is 149 cm³/mol. The third-order valence-electron chi connectivity index (χ3n) is 6.40. The largest absolute Gasteiger partial charge is 0.507 e. The Morgan fingerprint density at radius 1 is 1.05 bits per heavy atom. The number of carbonyl (C=O) groups is 2. The van der Waals surface area contributed by atoms with E-state index in [1.54, 1.807) is 43.5 Å². The number of anilines is 1. The van der Waals surface area contributed by atoms with E-state index < -0.39 is 17.7 Å². The van der Waals surface area contributed by atoms with Crippen molar-refractivity contribution >= 4 is 44.1 Å². The number of thiazole rings is 1. The number of fused-ring (bicyclic) bond motifs is 1. The summed E-state index contributed by atoms with van der Waals surface area (Å²) in [5.74, 6) is -0.516. The Bertz CT molecular complexity index is 1600. The maximum atomic E-state index is 13.5. The third kappa shape index (κ3) is 4.52. The van der Waals surface area contributed by atoms with E-state index in [1.807, 2.05) is 52.0 Å². The van der Waals surface area contributed by atoms with Gasteiger partial charge in [0.15, 0.2) is 5.13 Å². The Labute approximate surface area is 225 Å². The van der Waals surface area contributed by atoms with Gasteiger partial charge in [0.1, 0.15) is 17.3 Å². The van der Waals surface area contributed by atoms with E-state index >= 15 is 0 Å². The van der Waals surface area contributed by atoms with Crippen LogP contribution in [0, 0.1) is 13.8 Å². The molecule has 4 aromatic rings. The van der Waals surface area contributed by atoms with Crippen LogP contribution in [0.25, 0.3) is 16.0 Å². The molecule has 1 atom stereocenters. The van der Waals surface area contributed by atoms with Crippen LogP contribution in [-0.2, 0) is 9.59 Å². The van der Waals surface area contributed by atoms with Gasteiger partial charge < -0.3 is 14.6 Å². The summed E-state index contributed by atoms with van der Waals surface area (Å²) in [5, 5.41) is 11.9. The molecule has 1 unspecified atom stereocenters. The molecule has 1 aromatic heterocycles. The summed E-state index contributed by atoms with van der Waals surface area (Å²) in [6.07, 6.45) is -0.0101. The number of hydrogen-bond acceptors (Lipinski definition) is 7. The fourth-order valence-electron chi connectivity index (χ4n) is 4.62. The van der Waals surface area contributed by atoms with Gasteiger partial charge in [0.05, 0.1) is 35.0 Å². The number of amides is 1. The minimum atomic E-state index is -0.890. The van der Waals surface area contributed by atoms with Gasteiger partial charge >= 0.3 is 5.91 Å². The van der Waals surface area contributed by atoms with Crippen molar-refractivity contribution in [1.82, 2.24) is 4.98 Å². The first-order valence-corrected chi connectivity index (χ1v) is 13.1. The summed E-state index contributed by atoms with van der Waals surface area (Å²) < 4.78 is 12.1. The Morgan fingerprint density at radius 2 is 1.84 bits per heavy atom. The van der Waals surface area contributed by atoms with Crippen LogP contribution in [0.5, 0.6) is 11.5 Å². The van der Waals surface area contributed by atoms with Crippen molar-refractivity contribution in [2.45, 2.75) is 39.8 Å². The molecular formula is C30H28N2O5S. The van der Waals surface area contributed by atoms with Gasteiger partial charge in [-0.15, -0.1) is 0 Å². The standard InChI is InChI=1S/C30H28N2O5S/c1-16(2)37-23-12-10-20(14-18(23)4)27(33)25-26(19-7-6-8-21(15-19)36-5)32(29(35)28(25)34)30-31-22-11-9-17(3)13-24(22)38-30/h6-16,26,33H,1-5H3/b27-25+. The zero-order valence-corrected chi connectivity index (χ0v) is 22.6. The molecule has 7 nitrogen and oxygen atoms in total. The Balaban J connectivity index is 1.69. The van der Waals surface area contributed by atoms with Crippen molar-refractivity contribution in [2.75, 3.05) is 12.0 Å². The molecule has 0 saturated carbocycles. The van der Waals surface area contributed by atoms with Crippen LogP contribution in [-0.4, -0.2) is 35.0 Å². The molecule has 1 saturated heterocycles. The fraction of sp³-hybridized carbons (Fsp3) is 0.233. The topological polar surface area (TPSA) is 89.0 Å². The smallest absolute Gasteiger partial charge is 0.301 e. The minimum absolute atomic E-state index is 0.00406. The number of rotatable bonds is 6. The van der Waals surface area contributed by atoms with Crippen LogP contribution in [0.4, 0.5) is 5.13 Å². The SMILES string of the molecule is COc1cccc(C2/C(=C(\O)c3ccc(OC(C)C)c(C)c3)C(=O)C(=O)N2c2nc3ccc(C)cc3s2)c1. The van der Waals surface area contributed by atoms with Crippen LogP contribution in [0.1, 0.15) is 42.1 Å². The predicted octanol–water partition coefficient (Wildman–Crippen LogP) is 6.34. The molecular weight excluding hydrogens is 500 g/mol. The molecule has 194 valence electrons. The number of aliphatic hydroxyl groups excluding tert-OH is 1. The van der Waals surface area contributed by atoms with Gasteiger partial charge in [-0.25, -0.2) is 4.98 Å². The fourth-order valence-corrected chi connectivity index (χ4v) is 5.71. The van der Waals surface area contributed by atoms with Gasteiger partial charge in [0.2, 0.25) is 0 Å². The first-order chi connectivity index (χ1) is 18.2. The van der Waals surface area contributed by atoms with Crippen LogP contribution >= 0.6 is 11.3 Å². The van der Waals surface area contributed by atoms with Crippen molar-refractivity contribution in [1.29, 1.82) is 0 Å². The van der Waals surface area contributed by atoms with Gasteiger partial charge in [0.25, 0.3) is 5.78 Å². The first kappa shape index (κ1) is 25.5. The molecule has 5 rings (SSSR count). The van der Waals surface area contributed by atoms with Crippen LogP contribution in [0.15, 0.2) is 66.2 Å². The summed E-state index contributed by atoms with van der Waals surface area (Å²) in [7, 11) is 1.55. The van der Waals surface area contributed by atoms with Gasteiger partial charge in [-0.1, -0.05) is 29.5 Å². The van der Waals surface area contributed by atoms with Gasteiger partial charge in [-0.2, -0.15) is 0 Å². The number of aryl methyl sites for hydroxylation is 2. The molecule has 8 heteroatoms. The molecule has 1 N–H and O–H groups in total. The first-order valence-electron chi connectivity index (χ1n) is 12.3. The molecule has 1 amide bonds. The summed E-state index contributed by atoms with van der Waals surface area (Å²) in [4.78, 5) is 33.1. The van der Waals surface area contributed by atoms with E-state index in [9.17, 15) is 14.7 Å². The quantitative estimate of drug-likeness (QED) is 0.179. The lowest BCUT2D eigenvalue weighted by Gasteiger charge is -2.23. The van der Waals surface area contributed by atoms with Crippen molar-refractivity contribution in [3.63, 3.8) is 0 Å². The number of Topliss-reactive ketones (excluding diaryl/α,β-unsaturated/α-hetero) is 1. The van der Waals surface area contributed by atoms with Gasteiger partial charge in [-0.3, -0.25) is 14.5 Å². The molecule has 0 radical (unpaired) electrons. The molecule has 2 heterocycles. The number of methoxy groups -OCH3 is 1. The molecule has 38 heavy (non-hydrogen) atoms. The Morgan fingerprint density at radius 3 is 2.55 bits per heavy atom. The highest BCUT2D eigenvalue weighted by Crippen LogP contribution is 2.45. The zero-order chi connectivity index (χ0) is 27.1. The molecule has 0 spiro atoms. The summed E-state index contributed by atoms with van der Waals surface area (Å²) in [6, 6.07) is 17.3. The minimum Gasteiger partial charge on any atom is -0.507 e. The van der Waals surface area contributed by atoms with Gasteiger partial charge in [0, 0.05) is 5.56 Å². The number of nitrogens with zero attached hydrogens (tertiary/aromatic N) is 2. The molecule has 0 bridgehead atoms. The van der Waals surface area contributed by atoms with Crippen LogP contribution in [0.2, 0.25) is 0 Å². The van der Waals surface area contributed by atoms with Crippen molar-refractivity contribution in [2.24, 2.45) is 0 Å². The number of aromatic nitrogens is 1. The van der Waals surface area contributed by atoms with E-state index in [0.29, 0.717) is 27.8 Å². The number of carbonyl (C=O) groups excluding carboxylic acids is 2. The number of ketones is 1. The average Bonchev–Trinajstić information content (AvgIpc) is 3.42. The normalized spacial score (nSPS) is 17.0. The Kier molecular flexibility index (Phi) is 6.67. The van der Waals surface area contributed by atoms with E-state index in [0.717, 1.165) is 21.3 Å². The van der Waals surface area contributed by atoms with Crippen LogP contribution < -0.4 is 14.4 Å². The van der Waals surface area contributed by atoms with E-state index in [4.69, 9.17) is 9.47 Å². The van der Waals surface area contributed by atoms with E-state index in [1.165, 1.54) is 16.2 Å². The summed E-state index contributed by atoms with van der Waals surface area (Å²) in [5.41, 5.74) is 3.64. The van der Waals surface area contributed by atoms with Crippen molar-refractivity contribution in [3.8, 4) is 11.5 Å². The molecule has 1 aliphatic rings. The molecule has 1 aliphatic heterocycles. The average molecular weight is 529 g/mol. The number of hydrogen-bond donors (Lipinski definition) is 1. The second-order valence-electron chi connectivity index (χ2n) is 9.56. The molecule has 1 fully saturated rings. The van der Waals surface area contributed by atoms with Gasteiger partial charge in [-0.05, 0) is 86.8 Å². The third-order valence-corrected chi connectivity index (χ3v) is 7.42. The van der Waals surface area contributed by atoms with Crippen molar-refractivity contribution in [3.05, 3.63) is 88.5 Å². The van der Waals surface area contributed by atoms with E-state index in [-0.39, 0.29) is 17.4 Å². The van der Waals surface area contributed by atoms with E-state index in [2.05, 4.69) is 4.98 Å². The lowest BCUT2D eigenvalue weighted by molar-refractivity contribution is -0.132. The second-order valence-corrected chi connectivity index (χ2v) is 10.6. The Hall–Kier alpha value is -4.17.